The van der Waals surface area contributed by atoms with Gasteiger partial charge in [0.1, 0.15) is 5.82 Å². The maximum absolute atomic E-state index is 15.0. The van der Waals surface area contributed by atoms with E-state index in [0.717, 1.165) is 4.31 Å². The predicted molar refractivity (Wildman–Crippen MR) is 96.4 cm³/mol. The Morgan fingerprint density at radius 3 is 2.21 bits per heavy atom. The van der Waals surface area contributed by atoms with E-state index in [1.54, 1.807) is 18.2 Å². The fourth-order valence-corrected chi connectivity index (χ4v) is 3.55. The summed E-state index contributed by atoms with van der Waals surface area (Å²) in [5.41, 5.74) is 0.836. The molecule has 0 aliphatic heterocycles. The molecule has 0 fully saturated rings. The molecule has 0 bridgehead atoms. The fourth-order valence-electron chi connectivity index (χ4n) is 2.40. The van der Waals surface area contributed by atoms with Crippen LogP contribution in [-0.4, -0.2) is 26.8 Å². The Kier molecular flexibility index (Phi) is 5.09. The van der Waals surface area contributed by atoms with Crippen LogP contribution in [0.3, 0.4) is 0 Å². The van der Waals surface area contributed by atoms with Crippen molar-refractivity contribution in [1.29, 1.82) is 0 Å². The molecule has 0 atom stereocenters. The SMILES string of the molecule is CN(C)S(=O)(=O)c1ccc(Cl)c(-c2cccc(C(C)(C)C)c2F)c1. The minimum Gasteiger partial charge on any atom is -0.207 e. The summed E-state index contributed by atoms with van der Waals surface area (Å²) < 4.78 is 40.8. The number of rotatable bonds is 3. The van der Waals surface area contributed by atoms with Crippen LogP contribution in [0.15, 0.2) is 41.3 Å². The lowest BCUT2D eigenvalue weighted by Gasteiger charge is -2.21. The molecule has 0 saturated carbocycles. The van der Waals surface area contributed by atoms with Gasteiger partial charge in [-0.25, -0.2) is 17.1 Å². The van der Waals surface area contributed by atoms with Gasteiger partial charge >= 0.3 is 0 Å². The summed E-state index contributed by atoms with van der Waals surface area (Å²) in [6, 6.07) is 9.42. The molecule has 0 heterocycles. The van der Waals surface area contributed by atoms with Crippen LogP contribution in [0.2, 0.25) is 5.02 Å². The van der Waals surface area contributed by atoms with Crippen LogP contribution in [0.25, 0.3) is 11.1 Å². The van der Waals surface area contributed by atoms with E-state index in [0.29, 0.717) is 21.7 Å². The number of benzene rings is 2. The van der Waals surface area contributed by atoms with Gasteiger partial charge in [0.25, 0.3) is 0 Å². The van der Waals surface area contributed by atoms with E-state index in [1.165, 1.54) is 32.3 Å². The number of hydrogen-bond acceptors (Lipinski definition) is 2. The topological polar surface area (TPSA) is 37.4 Å². The first-order valence-electron chi connectivity index (χ1n) is 7.47. The van der Waals surface area contributed by atoms with Crippen molar-refractivity contribution < 1.29 is 12.8 Å². The van der Waals surface area contributed by atoms with Gasteiger partial charge in [0, 0.05) is 30.2 Å². The Morgan fingerprint density at radius 1 is 1.04 bits per heavy atom. The van der Waals surface area contributed by atoms with Gasteiger partial charge in [0.15, 0.2) is 0 Å². The van der Waals surface area contributed by atoms with Gasteiger partial charge in [-0.1, -0.05) is 50.6 Å². The van der Waals surface area contributed by atoms with Crippen molar-refractivity contribution in [3.05, 3.63) is 52.8 Å². The first-order chi connectivity index (χ1) is 11.0. The van der Waals surface area contributed by atoms with Crippen LogP contribution in [0, 0.1) is 5.82 Å². The molecule has 2 aromatic rings. The zero-order valence-electron chi connectivity index (χ0n) is 14.4. The van der Waals surface area contributed by atoms with Gasteiger partial charge in [-0.15, -0.1) is 0 Å². The molecule has 0 unspecified atom stereocenters. The Bertz CT molecular complexity index is 871. The molecule has 0 saturated heterocycles. The zero-order valence-corrected chi connectivity index (χ0v) is 16.0. The monoisotopic (exact) mass is 369 g/mol. The predicted octanol–water partition coefficient (Wildman–Crippen LogP) is 4.69. The van der Waals surface area contributed by atoms with Crippen molar-refractivity contribution in [3.63, 3.8) is 0 Å². The Hall–Kier alpha value is -1.43. The summed E-state index contributed by atoms with van der Waals surface area (Å²) in [4.78, 5) is 0.0764. The van der Waals surface area contributed by atoms with Gasteiger partial charge in [-0.2, -0.15) is 0 Å². The summed E-state index contributed by atoms with van der Waals surface area (Å²) in [7, 11) is -0.726. The highest BCUT2D eigenvalue weighted by molar-refractivity contribution is 7.89. The van der Waals surface area contributed by atoms with Crippen molar-refractivity contribution >= 4 is 21.6 Å². The van der Waals surface area contributed by atoms with Crippen LogP contribution < -0.4 is 0 Å². The molecule has 0 N–H and O–H groups in total. The third-order valence-electron chi connectivity index (χ3n) is 3.81. The molecule has 0 aliphatic carbocycles. The van der Waals surface area contributed by atoms with E-state index in [4.69, 9.17) is 11.6 Å². The highest BCUT2D eigenvalue weighted by Gasteiger charge is 2.23. The van der Waals surface area contributed by atoms with E-state index < -0.39 is 10.0 Å². The standard InChI is InChI=1S/C18H21ClFNO2S/c1-18(2,3)15-8-6-7-13(17(15)20)14-11-12(9-10-16(14)19)24(22,23)21(4)5/h6-11H,1-5H3. The first-order valence-corrected chi connectivity index (χ1v) is 9.29. The average molecular weight is 370 g/mol. The van der Waals surface area contributed by atoms with Crippen LogP contribution in [0.5, 0.6) is 0 Å². The number of nitrogens with zero attached hydrogens (tertiary/aromatic N) is 1. The van der Waals surface area contributed by atoms with E-state index >= 15 is 4.39 Å². The third-order valence-corrected chi connectivity index (χ3v) is 5.95. The van der Waals surface area contributed by atoms with Gasteiger partial charge in [0.05, 0.1) is 4.90 Å². The van der Waals surface area contributed by atoms with Crippen LogP contribution in [-0.2, 0) is 15.4 Å². The lowest BCUT2D eigenvalue weighted by Crippen LogP contribution is -2.22. The van der Waals surface area contributed by atoms with Crippen molar-refractivity contribution in [1.82, 2.24) is 4.31 Å². The molecule has 0 spiro atoms. The Balaban J connectivity index is 2.71. The lowest BCUT2D eigenvalue weighted by atomic mass is 9.85. The summed E-state index contributed by atoms with van der Waals surface area (Å²) in [5, 5.41) is 0.303. The third kappa shape index (κ3) is 3.48. The molecule has 0 radical (unpaired) electrons. The highest BCUT2D eigenvalue weighted by Crippen LogP contribution is 2.36. The summed E-state index contributed by atoms with van der Waals surface area (Å²) >= 11 is 6.22. The minimum absolute atomic E-state index is 0.0764. The van der Waals surface area contributed by atoms with Crippen LogP contribution >= 0.6 is 11.6 Å². The molecule has 2 rings (SSSR count). The van der Waals surface area contributed by atoms with E-state index in [9.17, 15) is 8.42 Å². The quantitative estimate of drug-likeness (QED) is 0.786. The van der Waals surface area contributed by atoms with Crippen molar-refractivity contribution in [2.45, 2.75) is 31.1 Å². The molecular formula is C18H21ClFNO2S. The van der Waals surface area contributed by atoms with Crippen molar-refractivity contribution in [2.24, 2.45) is 0 Å². The molecule has 24 heavy (non-hydrogen) atoms. The second-order valence-electron chi connectivity index (χ2n) is 6.85. The van der Waals surface area contributed by atoms with Gasteiger partial charge in [-0.05, 0) is 29.2 Å². The molecule has 0 amide bonds. The van der Waals surface area contributed by atoms with Gasteiger partial charge in [-0.3, -0.25) is 0 Å². The number of sulfonamides is 1. The molecule has 130 valence electrons. The van der Waals surface area contributed by atoms with Gasteiger partial charge < -0.3 is 0 Å². The maximum atomic E-state index is 15.0. The lowest BCUT2D eigenvalue weighted by molar-refractivity contribution is 0.520. The number of halogens is 2. The Labute approximate surface area is 148 Å². The van der Waals surface area contributed by atoms with Crippen LogP contribution in [0.1, 0.15) is 26.3 Å². The van der Waals surface area contributed by atoms with E-state index in [-0.39, 0.29) is 16.1 Å². The molecular weight excluding hydrogens is 349 g/mol. The maximum Gasteiger partial charge on any atom is 0.242 e. The highest BCUT2D eigenvalue weighted by atomic mass is 35.5. The zero-order chi connectivity index (χ0) is 18.3. The Morgan fingerprint density at radius 2 is 1.67 bits per heavy atom. The summed E-state index contributed by atoms with van der Waals surface area (Å²) in [5.74, 6) is -0.383. The van der Waals surface area contributed by atoms with E-state index in [2.05, 4.69) is 0 Å². The smallest absolute Gasteiger partial charge is 0.207 e. The minimum atomic E-state index is -3.62. The second kappa shape index (κ2) is 6.47. The largest absolute Gasteiger partial charge is 0.242 e. The molecule has 2 aromatic carbocycles. The molecule has 0 aromatic heterocycles. The van der Waals surface area contributed by atoms with Crippen molar-refractivity contribution in [2.75, 3.05) is 14.1 Å². The average Bonchev–Trinajstić information content (AvgIpc) is 2.46. The van der Waals surface area contributed by atoms with Crippen molar-refractivity contribution in [3.8, 4) is 11.1 Å². The molecule has 3 nitrogen and oxygen atoms in total. The summed E-state index contributed by atoms with van der Waals surface area (Å²) in [6.45, 7) is 5.76. The fraction of sp³-hybridized carbons (Fsp3) is 0.333. The normalized spacial score (nSPS) is 12.7. The second-order valence-corrected chi connectivity index (χ2v) is 9.41. The van der Waals surface area contributed by atoms with E-state index in [1.807, 2.05) is 20.8 Å². The summed E-state index contributed by atoms with van der Waals surface area (Å²) in [6.07, 6.45) is 0. The first kappa shape index (κ1) is 18.9. The number of hydrogen-bond donors (Lipinski definition) is 0. The molecule has 0 aliphatic rings. The van der Waals surface area contributed by atoms with Crippen LogP contribution in [0.4, 0.5) is 4.39 Å². The molecule has 6 heteroatoms. The van der Waals surface area contributed by atoms with Gasteiger partial charge in [0.2, 0.25) is 10.0 Å².